The van der Waals surface area contributed by atoms with Gasteiger partial charge in [-0.1, -0.05) is 0 Å². The molecule has 0 spiro atoms. The van der Waals surface area contributed by atoms with Gasteiger partial charge in [0.05, 0.1) is 6.10 Å². The van der Waals surface area contributed by atoms with E-state index in [0.717, 1.165) is 12.8 Å². The smallest absolute Gasteiger partial charge is 0.183 e. The highest BCUT2D eigenvalue weighted by atomic mass is 32.1. The highest BCUT2D eigenvalue weighted by Gasteiger charge is 2.33. The second kappa shape index (κ2) is 7.36. The summed E-state index contributed by atoms with van der Waals surface area (Å²) >= 11 is 4.33. The number of rotatable bonds is 6. The Morgan fingerprint density at radius 3 is 2.88 bits per heavy atom. The maximum absolute atomic E-state index is 10.7. The molecule has 1 N–H and O–H groups in total. The van der Waals surface area contributed by atoms with Crippen LogP contribution in [0.15, 0.2) is 0 Å². The van der Waals surface area contributed by atoms with Crippen molar-refractivity contribution in [3.63, 3.8) is 0 Å². The van der Waals surface area contributed by atoms with Crippen LogP contribution in [-0.2, 0) is 14.3 Å². The first-order valence-corrected chi connectivity index (χ1v) is 6.65. The molecule has 4 atom stereocenters. The maximum Gasteiger partial charge on any atom is 0.183 e. The standard InChI is InChI=1S/C12H22O4S/c1-8(13)5-3-4-6-15-12-10(14)7-11(17)9(2)16-12/h9-12,14,17H,3-7H2,1-2H3. The third-order valence-electron chi connectivity index (χ3n) is 2.89. The zero-order valence-electron chi connectivity index (χ0n) is 10.5. The predicted molar refractivity (Wildman–Crippen MR) is 68.2 cm³/mol. The first-order valence-electron chi connectivity index (χ1n) is 6.13. The quantitative estimate of drug-likeness (QED) is 0.563. The normalized spacial score (nSPS) is 33.6. The van der Waals surface area contributed by atoms with E-state index in [0.29, 0.717) is 19.4 Å². The number of Topliss-reactive ketones (excluding diaryl/α,β-unsaturated/α-hetero) is 1. The van der Waals surface area contributed by atoms with Gasteiger partial charge in [0.2, 0.25) is 0 Å². The summed E-state index contributed by atoms with van der Waals surface area (Å²) in [4.78, 5) is 10.7. The molecule has 0 saturated carbocycles. The average molecular weight is 262 g/mol. The lowest BCUT2D eigenvalue weighted by Gasteiger charge is -2.35. The molecule has 0 bridgehead atoms. The number of thiol groups is 1. The van der Waals surface area contributed by atoms with Crippen LogP contribution in [0.1, 0.15) is 39.5 Å². The molecule has 1 fully saturated rings. The molecule has 0 radical (unpaired) electrons. The molecule has 17 heavy (non-hydrogen) atoms. The molecule has 5 heteroatoms. The van der Waals surface area contributed by atoms with Crippen molar-refractivity contribution in [1.82, 2.24) is 0 Å². The second-order valence-corrected chi connectivity index (χ2v) is 5.27. The van der Waals surface area contributed by atoms with Crippen LogP contribution in [-0.4, -0.2) is 41.2 Å². The Morgan fingerprint density at radius 1 is 1.53 bits per heavy atom. The number of hydrogen-bond acceptors (Lipinski definition) is 5. The highest BCUT2D eigenvalue weighted by molar-refractivity contribution is 7.81. The minimum absolute atomic E-state index is 0.0102. The Morgan fingerprint density at radius 2 is 2.24 bits per heavy atom. The zero-order valence-corrected chi connectivity index (χ0v) is 11.4. The van der Waals surface area contributed by atoms with Crippen LogP contribution in [0.3, 0.4) is 0 Å². The molecule has 1 rings (SSSR count). The van der Waals surface area contributed by atoms with Gasteiger partial charge in [-0.3, -0.25) is 0 Å². The van der Waals surface area contributed by atoms with Crippen molar-refractivity contribution in [2.75, 3.05) is 6.61 Å². The van der Waals surface area contributed by atoms with Gasteiger partial charge in [-0.25, -0.2) is 0 Å². The van der Waals surface area contributed by atoms with Crippen molar-refractivity contribution in [1.29, 1.82) is 0 Å². The van der Waals surface area contributed by atoms with Crippen molar-refractivity contribution < 1.29 is 19.4 Å². The monoisotopic (exact) mass is 262 g/mol. The molecule has 1 aliphatic rings. The van der Waals surface area contributed by atoms with E-state index in [1.165, 1.54) is 0 Å². The van der Waals surface area contributed by atoms with Crippen LogP contribution in [0.5, 0.6) is 0 Å². The van der Waals surface area contributed by atoms with Gasteiger partial charge in [-0.15, -0.1) is 0 Å². The number of aliphatic hydroxyl groups excluding tert-OH is 1. The summed E-state index contributed by atoms with van der Waals surface area (Å²) in [5.74, 6) is 0.200. The van der Waals surface area contributed by atoms with Crippen LogP contribution in [0.2, 0.25) is 0 Å². The Kier molecular flexibility index (Phi) is 6.48. The van der Waals surface area contributed by atoms with Gasteiger partial charge in [0, 0.05) is 18.3 Å². The third-order valence-corrected chi connectivity index (χ3v) is 3.52. The first-order chi connectivity index (χ1) is 8.00. The van der Waals surface area contributed by atoms with Crippen LogP contribution in [0, 0.1) is 0 Å². The van der Waals surface area contributed by atoms with Crippen LogP contribution >= 0.6 is 12.6 Å². The van der Waals surface area contributed by atoms with Gasteiger partial charge in [-0.2, -0.15) is 12.6 Å². The fourth-order valence-electron chi connectivity index (χ4n) is 1.77. The lowest BCUT2D eigenvalue weighted by Crippen LogP contribution is -2.45. The minimum Gasteiger partial charge on any atom is -0.388 e. The predicted octanol–water partition coefficient (Wildman–Crippen LogP) is 1.56. The van der Waals surface area contributed by atoms with E-state index in [4.69, 9.17) is 9.47 Å². The molecule has 100 valence electrons. The molecule has 4 nitrogen and oxygen atoms in total. The molecular formula is C12H22O4S. The van der Waals surface area contributed by atoms with E-state index in [9.17, 15) is 9.90 Å². The topological polar surface area (TPSA) is 55.8 Å². The number of unbranched alkanes of at least 4 members (excludes halogenated alkanes) is 1. The zero-order chi connectivity index (χ0) is 12.8. The molecule has 1 heterocycles. The summed E-state index contributed by atoms with van der Waals surface area (Å²) in [6.45, 7) is 4.03. The summed E-state index contributed by atoms with van der Waals surface area (Å²) in [5.41, 5.74) is 0. The fraction of sp³-hybridized carbons (Fsp3) is 0.917. The van der Waals surface area contributed by atoms with Gasteiger partial charge in [-0.05, 0) is 33.1 Å². The van der Waals surface area contributed by atoms with Crippen LogP contribution < -0.4 is 0 Å². The number of ether oxygens (including phenoxy) is 2. The van der Waals surface area contributed by atoms with E-state index in [1.807, 2.05) is 6.92 Å². The van der Waals surface area contributed by atoms with E-state index in [2.05, 4.69) is 12.6 Å². The van der Waals surface area contributed by atoms with Gasteiger partial charge in [0.15, 0.2) is 6.29 Å². The molecule has 0 aromatic rings. The van der Waals surface area contributed by atoms with Crippen molar-refractivity contribution in [3.05, 3.63) is 0 Å². The van der Waals surface area contributed by atoms with Crippen molar-refractivity contribution >= 4 is 18.4 Å². The summed E-state index contributed by atoms with van der Waals surface area (Å²) in [6.07, 6.45) is 1.64. The Hall–Kier alpha value is -0.100. The summed E-state index contributed by atoms with van der Waals surface area (Å²) < 4.78 is 11.0. The van der Waals surface area contributed by atoms with Crippen molar-refractivity contribution in [2.24, 2.45) is 0 Å². The maximum atomic E-state index is 10.7. The van der Waals surface area contributed by atoms with Gasteiger partial charge in [0.25, 0.3) is 0 Å². The fourth-order valence-corrected chi connectivity index (χ4v) is 2.06. The van der Waals surface area contributed by atoms with Crippen molar-refractivity contribution in [2.45, 2.75) is 63.3 Å². The number of carbonyl (C=O) groups is 1. The van der Waals surface area contributed by atoms with Crippen LogP contribution in [0.25, 0.3) is 0 Å². The Labute approximate surface area is 108 Å². The highest BCUT2D eigenvalue weighted by Crippen LogP contribution is 2.24. The lowest BCUT2D eigenvalue weighted by molar-refractivity contribution is -0.234. The minimum atomic E-state index is -0.610. The molecule has 0 aliphatic carbocycles. The molecule has 0 amide bonds. The van der Waals surface area contributed by atoms with E-state index >= 15 is 0 Å². The first kappa shape index (κ1) is 15.0. The van der Waals surface area contributed by atoms with E-state index in [-0.39, 0.29) is 17.1 Å². The van der Waals surface area contributed by atoms with Crippen molar-refractivity contribution in [3.8, 4) is 0 Å². The van der Waals surface area contributed by atoms with Crippen LogP contribution in [0.4, 0.5) is 0 Å². The third kappa shape index (κ3) is 5.38. The number of carbonyl (C=O) groups excluding carboxylic acids is 1. The molecule has 4 unspecified atom stereocenters. The number of aliphatic hydroxyl groups is 1. The Balaban J connectivity index is 2.16. The Bertz CT molecular complexity index is 247. The summed E-state index contributed by atoms with van der Waals surface area (Å²) in [6, 6.07) is 0. The molecule has 0 aromatic carbocycles. The van der Waals surface area contributed by atoms with Gasteiger partial charge in [0.1, 0.15) is 11.9 Å². The van der Waals surface area contributed by atoms with Gasteiger partial charge >= 0.3 is 0 Å². The SMILES string of the molecule is CC(=O)CCCCOC1OC(C)C(S)CC1O. The largest absolute Gasteiger partial charge is 0.388 e. The van der Waals surface area contributed by atoms with E-state index in [1.54, 1.807) is 6.92 Å². The average Bonchev–Trinajstić information content (AvgIpc) is 2.24. The molecule has 0 aromatic heterocycles. The molecule has 1 aliphatic heterocycles. The molecule has 1 saturated heterocycles. The lowest BCUT2D eigenvalue weighted by atomic mass is 10.1. The number of hydrogen-bond donors (Lipinski definition) is 2. The second-order valence-electron chi connectivity index (χ2n) is 4.61. The summed E-state index contributed by atoms with van der Waals surface area (Å²) in [5, 5.41) is 9.81. The van der Waals surface area contributed by atoms with Gasteiger partial charge < -0.3 is 19.4 Å². The number of ketones is 1. The molecular weight excluding hydrogens is 240 g/mol. The van der Waals surface area contributed by atoms with E-state index < -0.39 is 12.4 Å². The summed E-state index contributed by atoms with van der Waals surface area (Å²) in [7, 11) is 0.